The van der Waals surface area contributed by atoms with Gasteiger partial charge in [0, 0.05) is 12.1 Å². The first-order chi connectivity index (χ1) is 12.1. The van der Waals surface area contributed by atoms with E-state index in [0.717, 1.165) is 22.5 Å². The summed E-state index contributed by atoms with van der Waals surface area (Å²) in [5, 5.41) is 18.1. The average Bonchev–Trinajstić information content (AvgIpc) is 3.03. The highest BCUT2D eigenvalue weighted by Crippen LogP contribution is 2.36. The molecule has 128 valence electrons. The Balaban J connectivity index is 1.96. The van der Waals surface area contributed by atoms with Gasteiger partial charge in [0.15, 0.2) is 11.0 Å². The topological polar surface area (TPSA) is 68.0 Å². The van der Waals surface area contributed by atoms with Crippen molar-refractivity contribution < 1.29 is 9.90 Å². The van der Waals surface area contributed by atoms with Gasteiger partial charge in [0.1, 0.15) is 5.25 Å². The predicted octanol–water partition coefficient (Wildman–Crippen LogP) is 4.19. The smallest absolute Gasteiger partial charge is 0.321 e. The Labute approximate surface area is 150 Å². The number of thioether (sulfide) groups is 1. The van der Waals surface area contributed by atoms with Gasteiger partial charge in [-0.15, -0.1) is 10.2 Å². The third-order valence-electron chi connectivity index (χ3n) is 3.86. The average molecular weight is 353 g/mol. The Hall–Kier alpha value is -2.60. The van der Waals surface area contributed by atoms with E-state index in [1.807, 2.05) is 66.9 Å². The number of benzene rings is 2. The first-order valence-electron chi connectivity index (χ1n) is 8.04. The largest absolute Gasteiger partial charge is 0.480 e. The molecule has 0 spiro atoms. The molecule has 3 aromatic rings. The molecule has 1 N–H and O–H groups in total. The maximum atomic E-state index is 11.7. The van der Waals surface area contributed by atoms with Crippen molar-refractivity contribution in [1.29, 1.82) is 0 Å². The van der Waals surface area contributed by atoms with Gasteiger partial charge in [-0.1, -0.05) is 65.9 Å². The highest BCUT2D eigenvalue weighted by Gasteiger charge is 2.25. The van der Waals surface area contributed by atoms with Crippen LogP contribution in [0.2, 0.25) is 0 Å². The molecule has 1 heterocycles. The molecule has 0 amide bonds. The van der Waals surface area contributed by atoms with Gasteiger partial charge in [-0.2, -0.15) is 0 Å². The van der Waals surface area contributed by atoms with Gasteiger partial charge in [-0.05, 0) is 25.5 Å². The summed E-state index contributed by atoms with van der Waals surface area (Å²) in [5.74, 6) is -0.134. The van der Waals surface area contributed by atoms with E-state index < -0.39 is 11.2 Å². The first kappa shape index (κ1) is 17.2. The Morgan fingerprint density at radius 2 is 1.92 bits per heavy atom. The number of carboxylic acids is 1. The van der Waals surface area contributed by atoms with Gasteiger partial charge in [0.05, 0.1) is 0 Å². The number of aromatic nitrogens is 3. The summed E-state index contributed by atoms with van der Waals surface area (Å²) in [7, 11) is 0. The van der Waals surface area contributed by atoms with E-state index in [-0.39, 0.29) is 0 Å². The van der Waals surface area contributed by atoms with Crippen molar-refractivity contribution in [1.82, 2.24) is 14.8 Å². The van der Waals surface area contributed by atoms with Gasteiger partial charge in [0.2, 0.25) is 0 Å². The summed E-state index contributed by atoms with van der Waals surface area (Å²) in [6, 6.07) is 17.2. The van der Waals surface area contributed by atoms with E-state index in [9.17, 15) is 9.90 Å². The lowest BCUT2D eigenvalue weighted by molar-refractivity contribution is -0.136. The Kier molecular flexibility index (Phi) is 5.19. The zero-order chi connectivity index (χ0) is 17.8. The molecule has 3 rings (SSSR count). The van der Waals surface area contributed by atoms with Gasteiger partial charge in [-0.3, -0.25) is 4.79 Å². The molecule has 25 heavy (non-hydrogen) atoms. The van der Waals surface area contributed by atoms with Crippen LogP contribution in [0.3, 0.4) is 0 Å². The van der Waals surface area contributed by atoms with Crippen LogP contribution in [0.25, 0.3) is 11.4 Å². The molecule has 0 aliphatic carbocycles. The van der Waals surface area contributed by atoms with Crippen molar-refractivity contribution in [2.45, 2.75) is 30.8 Å². The molecule has 0 unspecified atom stereocenters. The maximum Gasteiger partial charge on any atom is 0.321 e. The van der Waals surface area contributed by atoms with Crippen molar-refractivity contribution in [3.8, 4) is 11.4 Å². The van der Waals surface area contributed by atoms with Crippen LogP contribution < -0.4 is 0 Å². The lowest BCUT2D eigenvalue weighted by atomic mass is 10.1. The molecule has 0 aliphatic rings. The van der Waals surface area contributed by atoms with Crippen LogP contribution in [0.4, 0.5) is 0 Å². The van der Waals surface area contributed by atoms with Gasteiger partial charge in [-0.25, -0.2) is 0 Å². The number of carbonyl (C=O) groups is 1. The molecular formula is C19H19N3O2S. The minimum Gasteiger partial charge on any atom is -0.480 e. The molecule has 0 radical (unpaired) electrons. The number of carboxylic acid groups (broad SMARTS) is 1. The van der Waals surface area contributed by atoms with Crippen LogP contribution >= 0.6 is 11.8 Å². The van der Waals surface area contributed by atoms with Crippen LogP contribution in [0, 0.1) is 6.92 Å². The van der Waals surface area contributed by atoms with Gasteiger partial charge >= 0.3 is 5.97 Å². The Morgan fingerprint density at radius 1 is 1.16 bits per heavy atom. The molecule has 2 aromatic carbocycles. The lowest BCUT2D eigenvalue weighted by Gasteiger charge is -2.13. The minimum atomic E-state index is -0.890. The molecule has 0 saturated heterocycles. The highest BCUT2D eigenvalue weighted by atomic mass is 32.2. The maximum absolute atomic E-state index is 11.7. The third-order valence-corrected chi connectivity index (χ3v) is 5.08. The fourth-order valence-electron chi connectivity index (χ4n) is 2.65. The molecule has 0 saturated carbocycles. The number of hydrogen-bond acceptors (Lipinski definition) is 4. The standard InChI is InChI=1S/C19H19N3O2S/c1-3-22-17(15-11-7-8-13(2)12-15)20-21-19(22)25-16(18(23)24)14-9-5-4-6-10-14/h4-12,16H,3H2,1-2H3,(H,23,24)/t16-/m0/s1. The van der Waals surface area contributed by atoms with Gasteiger partial charge < -0.3 is 9.67 Å². The number of rotatable bonds is 6. The zero-order valence-electron chi connectivity index (χ0n) is 14.1. The van der Waals surface area contributed by atoms with Crippen molar-refractivity contribution in [2.75, 3.05) is 0 Å². The second-order valence-corrected chi connectivity index (χ2v) is 6.74. The first-order valence-corrected chi connectivity index (χ1v) is 8.92. The summed E-state index contributed by atoms with van der Waals surface area (Å²) in [4.78, 5) is 11.7. The SMILES string of the molecule is CCn1c(S[C@H](C(=O)O)c2ccccc2)nnc1-c1cccc(C)c1. The third kappa shape index (κ3) is 3.74. The normalized spacial score (nSPS) is 12.1. The molecule has 1 atom stereocenters. The molecule has 5 nitrogen and oxygen atoms in total. The fourth-order valence-corrected chi connectivity index (χ4v) is 3.69. The molecule has 0 bridgehead atoms. The summed E-state index contributed by atoms with van der Waals surface area (Å²) < 4.78 is 1.96. The summed E-state index contributed by atoms with van der Waals surface area (Å²) in [5.41, 5.74) is 2.86. The highest BCUT2D eigenvalue weighted by molar-refractivity contribution is 8.00. The number of aliphatic carboxylic acids is 1. The molecule has 0 aliphatic heterocycles. The monoisotopic (exact) mass is 353 g/mol. The van der Waals surface area contributed by atoms with Gasteiger partial charge in [0.25, 0.3) is 0 Å². The summed E-state index contributed by atoms with van der Waals surface area (Å²) in [6.07, 6.45) is 0. The van der Waals surface area contributed by atoms with Crippen LogP contribution in [-0.2, 0) is 11.3 Å². The predicted molar refractivity (Wildman–Crippen MR) is 98.5 cm³/mol. The van der Waals surface area contributed by atoms with E-state index in [1.165, 1.54) is 11.8 Å². The van der Waals surface area contributed by atoms with E-state index in [2.05, 4.69) is 16.3 Å². The van der Waals surface area contributed by atoms with E-state index in [0.29, 0.717) is 11.7 Å². The Morgan fingerprint density at radius 3 is 2.56 bits per heavy atom. The second kappa shape index (κ2) is 7.53. The zero-order valence-corrected chi connectivity index (χ0v) is 14.9. The van der Waals surface area contributed by atoms with Crippen LogP contribution in [0.5, 0.6) is 0 Å². The van der Waals surface area contributed by atoms with E-state index >= 15 is 0 Å². The van der Waals surface area contributed by atoms with Crippen molar-refractivity contribution >= 4 is 17.7 Å². The Bertz CT molecular complexity index is 877. The number of aryl methyl sites for hydroxylation is 1. The van der Waals surface area contributed by atoms with Crippen LogP contribution in [0.1, 0.15) is 23.3 Å². The van der Waals surface area contributed by atoms with E-state index in [4.69, 9.17) is 0 Å². The molecule has 0 fully saturated rings. The van der Waals surface area contributed by atoms with Crippen LogP contribution in [-0.4, -0.2) is 25.8 Å². The summed E-state index contributed by atoms with van der Waals surface area (Å²) >= 11 is 1.21. The van der Waals surface area contributed by atoms with Crippen molar-refractivity contribution in [3.05, 3.63) is 65.7 Å². The lowest BCUT2D eigenvalue weighted by Crippen LogP contribution is -2.09. The van der Waals surface area contributed by atoms with E-state index in [1.54, 1.807) is 0 Å². The minimum absolute atomic E-state index is 0.607. The number of hydrogen-bond donors (Lipinski definition) is 1. The van der Waals surface area contributed by atoms with Crippen LogP contribution in [0.15, 0.2) is 59.8 Å². The second-order valence-electron chi connectivity index (χ2n) is 5.67. The number of nitrogens with zero attached hydrogens (tertiary/aromatic N) is 3. The van der Waals surface area contributed by atoms with Crippen molar-refractivity contribution in [2.24, 2.45) is 0 Å². The molecule has 6 heteroatoms. The quantitative estimate of drug-likeness (QED) is 0.673. The summed E-state index contributed by atoms with van der Waals surface area (Å²) in [6.45, 7) is 4.70. The molecular weight excluding hydrogens is 334 g/mol. The van der Waals surface area contributed by atoms with Crippen molar-refractivity contribution in [3.63, 3.8) is 0 Å². The fraction of sp³-hybridized carbons (Fsp3) is 0.211. The molecule has 1 aromatic heterocycles.